The van der Waals surface area contributed by atoms with E-state index in [9.17, 15) is 18.0 Å². The molecule has 1 saturated heterocycles. The first-order valence-electron chi connectivity index (χ1n) is 8.80. The number of aliphatic carboxylic acids is 1. The summed E-state index contributed by atoms with van der Waals surface area (Å²) >= 11 is 0. The lowest BCUT2D eigenvalue weighted by Crippen LogP contribution is -2.47. The average Bonchev–Trinajstić information content (AvgIpc) is 2.62. The Balaban J connectivity index is 1.96. The minimum atomic E-state index is -4.42. The Kier molecular flexibility index (Phi) is 5.70. The van der Waals surface area contributed by atoms with Gasteiger partial charge in [0.15, 0.2) is 0 Å². The van der Waals surface area contributed by atoms with Crippen molar-refractivity contribution in [3.8, 4) is 0 Å². The standard InChI is InChI=1S/C20H21F3N2O2/c21-20(22,23)15-6-4-9-17(12-15)25(16-7-2-1-3-8-16)18-10-5-11-24(13-18)14-19(26)27/h1-4,6-9,12,18H,5,10-11,13-14H2,(H,26,27). The largest absolute Gasteiger partial charge is 0.480 e. The maximum atomic E-state index is 13.2. The van der Waals surface area contributed by atoms with E-state index in [0.717, 1.165) is 30.7 Å². The number of anilines is 2. The van der Waals surface area contributed by atoms with Crippen LogP contribution in [0.15, 0.2) is 54.6 Å². The molecule has 144 valence electrons. The van der Waals surface area contributed by atoms with Crippen molar-refractivity contribution < 1.29 is 23.1 Å². The van der Waals surface area contributed by atoms with Crippen molar-refractivity contribution in [2.24, 2.45) is 0 Å². The molecule has 1 aliphatic heterocycles. The number of benzene rings is 2. The van der Waals surface area contributed by atoms with E-state index in [1.165, 1.54) is 6.07 Å². The highest BCUT2D eigenvalue weighted by Crippen LogP contribution is 2.36. The van der Waals surface area contributed by atoms with Gasteiger partial charge in [-0.15, -0.1) is 0 Å². The summed E-state index contributed by atoms with van der Waals surface area (Å²) in [5, 5.41) is 9.07. The van der Waals surface area contributed by atoms with Crippen molar-refractivity contribution in [3.63, 3.8) is 0 Å². The van der Waals surface area contributed by atoms with Crippen LogP contribution in [0.4, 0.5) is 24.5 Å². The molecule has 27 heavy (non-hydrogen) atoms. The van der Waals surface area contributed by atoms with Crippen LogP contribution < -0.4 is 4.90 Å². The first-order valence-corrected chi connectivity index (χ1v) is 8.80. The van der Waals surface area contributed by atoms with Gasteiger partial charge in [0.1, 0.15) is 0 Å². The lowest BCUT2D eigenvalue weighted by Gasteiger charge is -2.40. The fourth-order valence-electron chi connectivity index (χ4n) is 3.57. The van der Waals surface area contributed by atoms with Crippen molar-refractivity contribution in [3.05, 3.63) is 60.2 Å². The van der Waals surface area contributed by atoms with Gasteiger partial charge in [-0.1, -0.05) is 24.3 Å². The summed E-state index contributed by atoms with van der Waals surface area (Å²) in [7, 11) is 0. The molecule has 0 radical (unpaired) electrons. The van der Waals surface area contributed by atoms with Crippen molar-refractivity contribution in [2.45, 2.75) is 25.1 Å². The van der Waals surface area contributed by atoms with Crippen LogP contribution in [0, 0.1) is 0 Å². The fourth-order valence-corrected chi connectivity index (χ4v) is 3.57. The first-order chi connectivity index (χ1) is 12.8. The Morgan fingerprint density at radius 1 is 1.11 bits per heavy atom. The third-order valence-corrected chi connectivity index (χ3v) is 4.69. The highest BCUT2D eigenvalue weighted by molar-refractivity contribution is 5.69. The summed E-state index contributed by atoms with van der Waals surface area (Å²) in [6.45, 7) is 1.09. The maximum absolute atomic E-state index is 13.2. The van der Waals surface area contributed by atoms with Crippen molar-refractivity contribution >= 4 is 17.3 Å². The van der Waals surface area contributed by atoms with Crippen LogP contribution >= 0.6 is 0 Å². The Morgan fingerprint density at radius 3 is 2.48 bits per heavy atom. The highest BCUT2D eigenvalue weighted by Gasteiger charge is 2.32. The second-order valence-electron chi connectivity index (χ2n) is 6.68. The van der Waals surface area contributed by atoms with Crippen LogP contribution in [-0.2, 0) is 11.0 Å². The molecule has 0 saturated carbocycles. The average molecular weight is 378 g/mol. The molecule has 1 N–H and O–H groups in total. The second-order valence-corrected chi connectivity index (χ2v) is 6.68. The smallest absolute Gasteiger partial charge is 0.416 e. The topological polar surface area (TPSA) is 43.8 Å². The van der Waals surface area contributed by atoms with Gasteiger partial charge in [-0.3, -0.25) is 9.69 Å². The van der Waals surface area contributed by atoms with Crippen LogP contribution in [0.25, 0.3) is 0 Å². The molecule has 1 heterocycles. The number of halogens is 3. The molecule has 0 aromatic heterocycles. The molecule has 1 fully saturated rings. The predicted molar refractivity (Wildman–Crippen MR) is 97.1 cm³/mol. The fraction of sp³-hybridized carbons (Fsp3) is 0.350. The summed E-state index contributed by atoms with van der Waals surface area (Å²) in [4.78, 5) is 14.8. The van der Waals surface area contributed by atoms with Gasteiger partial charge in [0.05, 0.1) is 12.1 Å². The van der Waals surface area contributed by atoms with Crippen molar-refractivity contribution in [2.75, 3.05) is 24.5 Å². The number of carboxylic acids is 1. The number of hydrogen-bond donors (Lipinski definition) is 1. The molecule has 2 aromatic rings. The zero-order valence-corrected chi connectivity index (χ0v) is 14.7. The Bertz CT molecular complexity index is 780. The van der Waals surface area contributed by atoms with E-state index in [2.05, 4.69) is 0 Å². The zero-order chi connectivity index (χ0) is 19.4. The summed E-state index contributed by atoms with van der Waals surface area (Å²) in [6, 6.07) is 14.4. The molecule has 0 spiro atoms. The molecule has 1 unspecified atom stereocenters. The van der Waals surface area contributed by atoms with Crippen LogP contribution in [0.2, 0.25) is 0 Å². The molecule has 1 aliphatic rings. The number of hydrogen-bond acceptors (Lipinski definition) is 3. The predicted octanol–water partition coefficient (Wildman–Crippen LogP) is 4.39. The van der Waals surface area contributed by atoms with Gasteiger partial charge >= 0.3 is 12.1 Å². The number of likely N-dealkylation sites (tertiary alicyclic amines) is 1. The number of rotatable bonds is 5. The molecule has 0 aliphatic carbocycles. The van der Waals surface area contributed by atoms with Crippen LogP contribution in [0.3, 0.4) is 0 Å². The number of piperidine rings is 1. The number of carbonyl (C=O) groups is 1. The Morgan fingerprint density at radius 2 is 1.81 bits per heavy atom. The van der Waals surface area contributed by atoms with Gasteiger partial charge in [-0.25, -0.2) is 0 Å². The van der Waals surface area contributed by atoms with Gasteiger partial charge in [0, 0.05) is 24.0 Å². The minimum absolute atomic E-state index is 0.0677. The lowest BCUT2D eigenvalue weighted by molar-refractivity contribution is -0.139. The molecular formula is C20H21F3N2O2. The molecular weight excluding hydrogens is 357 g/mol. The van der Waals surface area contributed by atoms with Gasteiger partial charge in [-0.05, 0) is 49.7 Å². The third-order valence-electron chi connectivity index (χ3n) is 4.69. The number of alkyl halides is 3. The summed E-state index contributed by atoms with van der Waals surface area (Å²) in [5.74, 6) is -0.902. The number of nitrogens with zero attached hydrogens (tertiary/aromatic N) is 2. The molecule has 7 heteroatoms. The Labute approximate surface area is 155 Å². The maximum Gasteiger partial charge on any atom is 0.416 e. The highest BCUT2D eigenvalue weighted by atomic mass is 19.4. The zero-order valence-electron chi connectivity index (χ0n) is 14.7. The number of para-hydroxylation sites is 1. The quantitative estimate of drug-likeness (QED) is 0.838. The van der Waals surface area contributed by atoms with E-state index in [0.29, 0.717) is 18.8 Å². The monoisotopic (exact) mass is 378 g/mol. The van der Waals surface area contributed by atoms with Crippen LogP contribution in [0.1, 0.15) is 18.4 Å². The SMILES string of the molecule is O=C(O)CN1CCCC(N(c2ccccc2)c2cccc(C(F)(F)F)c2)C1. The second kappa shape index (κ2) is 8.00. The van der Waals surface area contributed by atoms with Crippen LogP contribution in [-0.4, -0.2) is 41.7 Å². The van der Waals surface area contributed by atoms with E-state index >= 15 is 0 Å². The van der Waals surface area contributed by atoms with Gasteiger partial charge in [0.2, 0.25) is 0 Å². The lowest BCUT2D eigenvalue weighted by atomic mass is 10.0. The van der Waals surface area contributed by atoms with E-state index in [1.54, 1.807) is 6.07 Å². The first kappa shape index (κ1) is 19.2. The summed E-state index contributed by atoms with van der Waals surface area (Å²) < 4.78 is 39.6. The summed E-state index contributed by atoms with van der Waals surface area (Å²) in [5.41, 5.74) is 0.552. The third kappa shape index (κ3) is 4.80. The normalized spacial score (nSPS) is 18.3. The molecule has 4 nitrogen and oxygen atoms in total. The molecule has 1 atom stereocenters. The molecule has 2 aromatic carbocycles. The summed E-state index contributed by atoms with van der Waals surface area (Å²) in [6.07, 6.45) is -2.85. The van der Waals surface area contributed by atoms with Gasteiger partial charge < -0.3 is 10.0 Å². The number of carboxylic acid groups (broad SMARTS) is 1. The van der Waals surface area contributed by atoms with Gasteiger partial charge in [-0.2, -0.15) is 13.2 Å². The van der Waals surface area contributed by atoms with E-state index in [4.69, 9.17) is 5.11 Å². The Hall–Kier alpha value is -2.54. The molecule has 3 rings (SSSR count). The molecule has 0 bridgehead atoms. The van der Waals surface area contributed by atoms with Crippen molar-refractivity contribution in [1.82, 2.24) is 4.90 Å². The van der Waals surface area contributed by atoms with E-state index < -0.39 is 17.7 Å². The van der Waals surface area contributed by atoms with E-state index in [-0.39, 0.29) is 12.6 Å². The van der Waals surface area contributed by atoms with Crippen LogP contribution in [0.5, 0.6) is 0 Å². The van der Waals surface area contributed by atoms with Crippen molar-refractivity contribution in [1.29, 1.82) is 0 Å². The van der Waals surface area contributed by atoms with E-state index in [1.807, 2.05) is 40.1 Å². The van der Waals surface area contributed by atoms with Gasteiger partial charge in [0.25, 0.3) is 0 Å². The molecule has 0 amide bonds. The minimum Gasteiger partial charge on any atom is -0.480 e.